The van der Waals surface area contributed by atoms with E-state index < -0.39 is 40.9 Å². The Labute approximate surface area is 895 Å². The number of fused-ring (bicyclic) bond motifs is 5. The Hall–Kier alpha value is -15.9. The molecule has 0 aliphatic rings. The molecule has 0 bridgehead atoms. The van der Waals surface area contributed by atoms with E-state index in [1.54, 1.807) is 106 Å². The summed E-state index contributed by atoms with van der Waals surface area (Å²) in [7, 11) is 12.8. The predicted molar refractivity (Wildman–Crippen MR) is 571 cm³/mol. The maximum Gasteiger partial charge on any atom is 0.306 e. The van der Waals surface area contributed by atoms with Gasteiger partial charge in [-0.05, 0) is 169 Å². The number of nitrogens with zero attached hydrogens (tertiary/aromatic N) is 10. The number of carbonyl (C=O) groups is 5. The number of rotatable bonds is 28. The molecule has 15 aromatic rings. The standard InChI is InChI=1S/2C21H17ClFN3O3.C20H20ClFN4O3.C20H16ClFN4O3.C15H10ClFIN3O.C6H8O2.CH4O.H3NO/c2*1-28-19-11-18-15(9-13(19)5-3-4-6-20(27)29-2)21(25-12-24-18)26-14-7-8-17(23)16(22)10-14;2*1-29-18-10-17-14(8-12(18)4-2-3-5-19(27)26-28)20(24-11-23-17)25-13-6-7-16(22)15(21)9-13;1-22-14-6-13-9(5-12(14)18)15(20-7-19-13)21-8-2-3-11(17)10(16)4-8;1-3-4-5-6(7)8-2;2*1-2/h2*7-12H,4,6H2,1-2H3,(H,24,25,26);6-11,28H,2-5H2,1H3,(H,26,27)(H,23,24,25);6-11,28H,3,5H2,1H3,(H,26,27)(H,23,24,25);2-7H,1H3,(H,19,20,21);1H,4-5H2,2H3;2H,1H3;2H,1H2. The molecular weight excluding hydrogens is 2170 g/mol. The fraction of sp³-hybridized carbons (Fsp3) is 0.202. The number of aromatic nitrogens is 10. The molecule has 0 saturated heterocycles. The van der Waals surface area contributed by atoms with Crippen LogP contribution in [0.15, 0.2) is 183 Å². The topological polar surface area (TPSA) is 479 Å². The second-order valence-electron chi connectivity index (χ2n) is 29.9. The molecule has 5 heterocycles. The number of unbranched alkanes of at least 4 members (excludes halogenated alkanes) is 1. The molecule has 5 aromatic heterocycles. The number of hydrogen-bond acceptors (Lipinski definition) is 33. The zero-order valence-electron chi connectivity index (χ0n) is 81.2. The lowest BCUT2D eigenvalue weighted by Gasteiger charge is -2.13. The molecule has 0 unspecified atom stereocenters. The van der Waals surface area contributed by atoms with Gasteiger partial charge >= 0.3 is 17.9 Å². The first-order valence-corrected chi connectivity index (χ1v) is 47.0. The first kappa shape index (κ1) is 119. The van der Waals surface area contributed by atoms with Gasteiger partial charge in [0.15, 0.2) is 0 Å². The summed E-state index contributed by atoms with van der Waals surface area (Å²) in [5.74, 6) is 25.0. The van der Waals surface area contributed by atoms with Crippen LogP contribution in [0.25, 0.3) is 54.5 Å². The molecule has 13 N–H and O–H groups in total. The Balaban J connectivity index is 0.000000222. The zero-order chi connectivity index (χ0) is 109. The Morgan fingerprint density at radius 1 is 0.347 bits per heavy atom. The van der Waals surface area contributed by atoms with Crippen LogP contribution in [0, 0.1) is 80.5 Å². The lowest BCUT2D eigenvalue weighted by Crippen LogP contribution is -2.17. The number of ether oxygens (including phenoxy) is 8. The number of halogens is 11. The smallest absolute Gasteiger partial charge is 0.306 e. The largest absolute Gasteiger partial charge is 0.496 e. The molecule has 15 rings (SSSR count). The van der Waals surface area contributed by atoms with Crippen LogP contribution in [0.1, 0.15) is 92.9 Å². The van der Waals surface area contributed by atoms with Crippen molar-refractivity contribution < 1.29 is 105 Å². The molecule has 150 heavy (non-hydrogen) atoms. The predicted octanol–water partition coefficient (Wildman–Crippen LogP) is 21.5. The lowest BCUT2D eigenvalue weighted by atomic mass is 10.0. The van der Waals surface area contributed by atoms with Crippen molar-refractivity contribution in [1.82, 2.24) is 60.8 Å². The highest BCUT2D eigenvalue weighted by Crippen LogP contribution is 2.39. The third-order valence-electron chi connectivity index (χ3n) is 20.3. The van der Waals surface area contributed by atoms with E-state index in [1.807, 2.05) is 24.3 Å². The lowest BCUT2D eigenvalue weighted by molar-refractivity contribution is -0.141. The normalized spacial score (nSPS) is 10.1. The van der Waals surface area contributed by atoms with Crippen LogP contribution < -0.4 is 67.1 Å². The molecule has 2 amide bonds. The monoisotopic (exact) mass is 2260 g/mol. The number of methoxy groups -OCH3 is 8. The molecule has 0 aliphatic carbocycles. The van der Waals surface area contributed by atoms with Crippen molar-refractivity contribution in [3.8, 4) is 76.6 Å². The van der Waals surface area contributed by atoms with E-state index in [0.717, 1.165) is 44.7 Å². The summed E-state index contributed by atoms with van der Waals surface area (Å²) in [6.45, 7) is 0. The van der Waals surface area contributed by atoms with Gasteiger partial charge < -0.3 is 74.8 Å². The van der Waals surface area contributed by atoms with E-state index in [2.05, 4.69) is 161 Å². The number of esters is 3. The van der Waals surface area contributed by atoms with Gasteiger partial charge in [-0.25, -0.2) is 88.6 Å². The number of aliphatic hydroxyl groups is 1. The summed E-state index contributed by atoms with van der Waals surface area (Å²) >= 11 is 31.4. The molecule has 46 heteroatoms. The summed E-state index contributed by atoms with van der Waals surface area (Å²) in [6, 6.07) is 39.8. The van der Waals surface area contributed by atoms with Crippen molar-refractivity contribution in [2.45, 2.75) is 77.0 Å². The van der Waals surface area contributed by atoms with E-state index in [-0.39, 0.29) is 75.1 Å². The quantitative estimate of drug-likeness (QED) is 0.00317. The molecule has 10 aromatic carbocycles. The van der Waals surface area contributed by atoms with Crippen LogP contribution in [0.3, 0.4) is 0 Å². The van der Waals surface area contributed by atoms with E-state index in [0.29, 0.717) is 174 Å². The molecule has 0 fully saturated rings. The molecule has 0 atom stereocenters. The van der Waals surface area contributed by atoms with Crippen molar-refractivity contribution in [2.75, 3.05) is 90.6 Å². The number of carbonyl (C=O) groups excluding carboxylic acids is 5. The van der Waals surface area contributed by atoms with Crippen molar-refractivity contribution in [2.24, 2.45) is 5.90 Å². The van der Waals surface area contributed by atoms with Crippen LogP contribution in [0.5, 0.6) is 28.7 Å². The highest BCUT2D eigenvalue weighted by Gasteiger charge is 2.20. The van der Waals surface area contributed by atoms with Gasteiger partial charge in [0.2, 0.25) is 11.8 Å². The Bertz CT molecular complexity index is 7120. The molecule has 35 nitrogen and oxygen atoms in total. The molecule has 0 spiro atoms. The first-order valence-electron chi connectivity index (χ1n) is 44.0. The van der Waals surface area contributed by atoms with Crippen LogP contribution >= 0.6 is 80.6 Å². The maximum atomic E-state index is 13.4. The van der Waals surface area contributed by atoms with Gasteiger partial charge in [0.25, 0.3) is 0 Å². The van der Waals surface area contributed by atoms with E-state index in [1.165, 1.54) is 121 Å². The first-order chi connectivity index (χ1) is 72.4. The van der Waals surface area contributed by atoms with Crippen LogP contribution in [-0.2, 0) is 44.6 Å². The average Bonchev–Trinajstić information content (AvgIpc) is 0.799. The van der Waals surface area contributed by atoms with Gasteiger partial charge in [0, 0.05) is 131 Å². The van der Waals surface area contributed by atoms with E-state index in [9.17, 15) is 45.9 Å². The van der Waals surface area contributed by atoms with Gasteiger partial charge in [0.05, 0.1) is 149 Å². The minimum absolute atomic E-state index is 0.00602. The summed E-state index contributed by atoms with van der Waals surface area (Å²) < 4.78 is 108. The number of benzene rings is 10. The summed E-state index contributed by atoms with van der Waals surface area (Å²) in [6.07, 6.45) is 16.5. The number of anilines is 10. The van der Waals surface area contributed by atoms with E-state index >= 15 is 0 Å². The highest BCUT2D eigenvalue weighted by molar-refractivity contribution is 14.1. The minimum atomic E-state index is -0.512. The SMILES string of the molecule is C#CCCC(=O)OC.CO.COC(=O)CCC#Cc1cc2c(Nc3ccc(F)c(Cl)c3)ncnc2cc1OC.COC(=O)CCC#Cc1cc2c(Nc3ccc(F)c(Cl)c3)ncnc2cc1OC.COc1cc2ncnc(Nc3ccc(F)c(Cl)c3)c2cc1C#CCCC(=O)NO.COc1cc2ncnc(Nc3ccc(F)c(Cl)c3)c2cc1CCCCC(=O)NO.COc1cc2ncnc(Nc3ccc(F)c(Cl)c3)c2cc1I.NO. The Morgan fingerprint density at radius 3 is 0.880 bits per heavy atom. The fourth-order valence-corrected chi connectivity index (χ4v) is 14.6. The van der Waals surface area contributed by atoms with Gasteiger partial charge in [-0.2, -0.15) is 0 Å². The summed E-state index contributed by atoms with van der Waals surface area (Å²) in [4.78, 5) is 97.6. The number of nitrogens with two attached hydrogens (primary N) is 1. The van der Waals surface area contributed by atoms with Crippen molar-refractivity contribution in [1.29, 1.82) is 0 Å². The van der Waals surface area contributed by atoms with Crippen LogP contribution in [-0.4, -0.2) is 164 Å². The van der Waals surface area contributed by atoms with E-state index in [4.69, 9.17) is 109 Å². The van der Waals surface area contributed by atoms with Crippen LogP contribution in [0.4, 0.5) is 79.5 Å². The highest BCUT2D eigenvalue weighted by atomic mass is 127. The van der Waals surface area contributed by atoms with Crippen molar-refractivity contribution in [3.63, 3.8) is 0 Å². The second kappa shape index (κ2) is 62.3. The van der Waals surface area contributed by atoms with Gasteiger partial charge in [-0.15, -0.1) is 12.3 Å². The third-order valence-corrected chi connectivity index (χ3v) is 22.6. The van der Waals surface area contributed by atoms with Crippen molar-refractivity contribution in [3.05, 3.63) is 263 Å². The van der Waals surface area contributed by atoms with Crippen molar-refractivity contribution >= 4 is 222 Å². The average molecular weight is 2270 g/mol. The zero-order valence-corrected chi connectivity index (χ0v) is 87.1. The Morgan fingerprint density at radius 2 is 0.607 bits per heavy atom. The summed E-state index contributed by atoms with van der Waals surface area (Å²) in [5, 5.41) is 50.0. The number of nitrogens with one attached hydrogen (secondary N) is 7. The molecular formula is C104H95Cl5F5IN18O17. The third kappa shape index (κ3) is 36.0. The number of hydrogen-bond donors (Lipinski definition) is 12. The molecule has 780 valence electrons. The fourth-order valence-electron chi connectivity index (χ4n) is 13.0. The van der Waals surface area contributed by atoms with Gasteiger partial charge in [-0.3, -0.25) is 34.4 Å². The van der Waals surface area contributed by atoms with Gasteiger partial charge in [-0.1, -0.05) is 93.5 Å². The number of amides is 2. The molecule has 0 radical (unpaired) electrons. The molecule has 0 aliphatic heterocycles. The Kier molecular flexibility index (Phi) is 49.6. The maximum absolute atomic E-state index is 13.4. The number of aliphatic hydroxyl groups excluding tert-OH is 1. The van der Waals surface area contributed by atoms with Gasteiger partial charge in [0.1, 0.15) is 119 Å². The number of terminal acetylenes is 1. The summed E-state index contributed by atoms with van der Waals surface area (Å²) in [5.41, 5.74) is 12.3. The minimum Gasteiger partial charge on any atom is -0.496 e. The second-order valence-corrected chi connectivity index (χ2v) is 33.1. The number of hydroxylamine groups is 2. The number of aryl methyl sites for hydroxylation is 1. The molecule has 0 saturated carbocycles. The van der Waals surface area contributed by atoms with Crippen LogP contribution in [0.2, 0.25) is 25.1 Å².